The number of halogens is 3. The molecule has 0 N–H and O–H groups in total. The molecule has 0 spiro atoms. The Bertz CT molecular complexity index is 462. The highest BCUT2D eigenvalue weighted by atomic mass is 35.5. The van der Waals surface area contributed by atoms with Crippen molar-refractivity contribution < 1.29 is 14.3 Å². The summed E-state index contributed by atoms with van der Waals surface area (Å²) in [7, 11) is 0. The number of esters is 1. The minimum atomic E-state index is -0.512. The first-order chi connectivity index (χ1) is 9.56. The van der Waals surface area contributed by atoms with Crippen molar-refractivity contribution in [2.75, 3.05) is 6.61 Å². The van der Waals surface area contributed by atoms with Crippen molar-refractivity contribution >= 4 is 40.8 Å². The van der Waals surface area contributed by atoms with Gasteiger partial charge in [0.15, 0.2) is 5.75 Å². The molecule has 0 radical (unpaired) electrons. The Morgan fingerprint density at radius 1 is 1.10 bits per heavy atom. The van der Waals surface area contributed by atoms with Crippen LogP contribution in [0.15, 0.2) is 12.1 Å². The molecule has 1 aromatic rings. The molecule has 20 heavy (non-hydrogen) atoms. The lowest BCUT2D eigenvalue weighted by molar-refractivity contribution is -0.142. The van der Waals surface area contributed by atoms with Crippen molar-refractivity contribution in [2.24, 2.45) is 0 Å². The highest BCUT2D eigenvalue weighted by Gasteiger charge is 2.18. The van der Waals surface area contributed by atoms with Crippen LogP contribution in [0, 0.1) is 0 Å². The van der Waals surface area contributed by atoms with Crippen molar-refractivity contribution in [2.45, 2.75) is 38.2 Å². The van der Waals surface area contributed by atoms with Gasteiger partial charge in [0.2, 0.25) is 0 Å². The van der Waals surface area contributed by atoms with Crippen LogP contribution in [0.3, 0.4) is 0 Å². The van der Waals surface area contributed by atoms with Crippen LogP contribution in [-0.4, -0.2) is 18.7 Å². The third kappa shape index (κ3) is 4.52. The van der Waals surface area contributed by atoms with Crippen LogP contribution < -0.4 is 4.74 Å². The molecule has 110 valence electrons. The maximum Gasteiger partial charge on any atom is 0.337 e. The smallest absolute Gasteiger partial charge is 0.337 e. The molecule has 0 amide bonds. The molecule has 0 saturated heterocycles. The summed E-state index contributed by atoms with van der Waals surface area (Å²) in [6, 6.07) is 2.94. The van der Waals surface area contributed by atoms with Crippen LogP contribution in [0.4, 0.5) is 0 Å². The minimum Gasteiger partial charge on any atom is -0.422 e. The first-order valence-corrected chi connectivity index (χ1v) is 7.66. The molecule has 1 saturated carbocycles. The van der Waals surface area contributed by atoms with Crippen molar-refractivity contribution in [1.82, 2.24) is 0 Å². The Balaban J connectivity index is 1.88. The number of ether oxygens (including phenoxy) is 2. The van der Waals surface area contributed by atoms with Crippen LogP contribution in [0.2, 0.25) is 15.1 Å². The quantitative estimate of drug-likeness (QED) is 0.579. The monoisotopic (exact) mass is 336 g/mol. The van der Waals surface area contributed by atoms with Gasteiger partial charge in [0.25, 0.3) is 0 Å². The normalized spacial score (nSPS) is 16.1. The van der Waals surface area contributed by atoms with Crippen LogP contribution >= 0.6 is 34.8 Å². The molecule has 0 aromatic heterocycles. The second-order valence-corrected chi connectivity index (χ2v) is 5.99. The predicted octanol–water partition coefficient (Wildman–Crippen LogP) is 4.90. The maximum atomic E-state index is 11.7. The van der Waals surface area contributed by atoms with Gasteiger partial charge >= 0.3 is 5.97 Å². The Labute approximate surface area is 133 Å². The highest BCUT2D eigenvalue weighted by molar-refractivity contribution is 6.40. The van der Waals surface area contributed by atoms with Crippen molar-refractivity contribution in [3.05, 3.63) is 27.2 Å². The largest absolute Gasteiger partial charge is 0.422 e. The topological polar surface area (TPSA) is 35.5 Å². The van der Waals surface area contributed by atoms with E-state index in [4.69, 9.17) is 44.3 Å². The van der Waals surface area contributed by atoms with Gasteiger partial charge in [-0.15, -0.1) is 0 Å². The standard InChI is InChI=1S/C14H15Cl3O3/c15-9-6-11(16)14(12(17)7-9)20-13(18)8-19-10-4-2-1-3-5-10/h6-7,10H,1-5,8H2. The lowest BCUT2D eigenvalue weighted by atomic mass is 9.98. The Morgan fingerprint density at radius 3 is 2.30 bits per heavy atom. The van der Waals surface area contributed by atoms with E-state index in [1.807, 2.05) is 0 Å². The molecule has 0 atom stereocenters. The van der Waals surface area contributed by atoms with Gasteiger partial charge in [-0.3, -0.25) is 0 Å². The van der Waals surface area contributed by atoms with Gasteiger partial charge in [-0.25, -0.2) is 4.79 Å². The maximum absolute atomic E-state index is 11.7. The Morgan fingerprint density at radius 2 is 1.70 bits per heavy atom. The Hall–Kier alpha value is -0.480. The highest BCUT2D eigenvalue weighted by Crippen LogP contribution is 2.35. The van der Waals surface area contributed by atoms with E-state index < -0.39 is 5.97 Å². The zero-order chi connectivity index (χ0) is 14.5. The van der Waals surface area contributed by atoms with E-state index in [1.165, 1.54) is 18.6 Å². The number of carbonyl (C=O) groups excluding carboxylic acids is 1. The molecule has 0 aliphatic heterocycles. The zero-order valence-corrected chi connectivity index (χ0v) is 13.1. The molecular weight excluding hydrogens is 323 g/mol. The Kier molecular flexibility index (Phi) is 5.97. The SMILES string of the molecule is O=C(COC1CCCCC1)Oc1c(Cl)cc(Cl)cc1Cl. The van der Waals surface area contributed by atoms with Crippen molar-refractivity contribution in [3.8, 4) is 5.75 Å². The summed E-state index contributed by atoms with van der Waals surface area (Å²) >= 11 is 17.7. The van der Waals surface area contributed by atoms with E-state index in [1.54, 1.807) is 0 Å². The average molecular weight is 338 g/mol. The van der Waals surface area contributed by atoms with E-state index in [9.17, 15) is 4.79 Å². The van der Waals surface area contributed by atoms with Gasteiger partial charge in [0.05, 0.1) is 16.1 Å². The second kappa shape index (κ2) is 7.51. The second-order valence-electron chi connectivity index (χ2n) is 4.74. The predicted molar refractivity (Wildman–Crippen MR) is 79.9 cm³/mol. The fraction of sp³-hybridized carbons (Fsp3) is 0.500. The van der Waals surface area contributed by atoms with Gasteiger partial charge in [-0.1, -0.05) is 54.1 Å². The summed E-state index contributed by atoms with van der Waals surface area (Å²) in [4.78, 5) is 11.7. The lowest BCUT2D eigenvalue weighted by Crippen LogP contribution is -2.23. The van der Waals surface area contributed by atoms with Crippen LogP contribution in [0.1, 0.15) is 32.1 Å². The van der Waals surface area contributed by atoms with Crippen LogP contribution in [-0.2, 0) is 9.53 Å². The van der Waals surface area contributed by atoms with Gasteiger partial charge in [0.1, 0.15) is 6.61 Å². The summed E-state index contributed by atoms with van der Waals surface area (Å²) in [5.41, 5.74) is 0. The van der Waals surface area contributed by atoms with Crippen LogP contribution in [0.25, 0.3) is 0 Å². The average Bonchev–Trinajstić information content (AvgIpc) is 2.42. The van der Waals surface area contributed by atoms with E-state index in [2.05, 4.69) is 0 Å². The molecule has 1 aliphatic rings. The minimum absolute atomic E-state index is 0.0973. The third-order valence-electron chi connectivity index (χ3n) is 3.17. The zero-order valence-electron chi connectivity index (χ0n) is 10.8. The first kappa shape index (κ1) is 15.9. The van der Waals surface area contributed by atoms with E-state index >= 15 is 0 Å². The molecule has 0 unspecified atom stereocenters. The number of hydrogen-bond acceptors (Lipinski definition) is 3. The van der Waals surface area contributed by atoms with Gasteiger partial charge in [-0.2, -0.15) is 0 Å². The molecule has 2 rings (SSSR count). The van der Waals surface area contributed by atoms with E-state index in [0.717, 1.165) is 25.7 Å². The summed E-state index contributed by atoms with van der Waals surface area (Å²) < 4.78 is 10.7. The van der Waals surface area contributed by atoms with Gasteiger partial charge in [-0.05, 0) is 25.0 Å². The number of carbonyl (C=O) groups is 1. The van der Waals surface area contributed by atoms with Gasteiger partial charge < -0.3 is 9.47 Å². The van der Waals surface area contributed by atoms with E-state index in [0.29, 0.717) is 5.02 Å². The molecule has 0 bridgehead atoms. The van der Waals surface area contributed by atoms with Crippen molar-refractivity contribution in [3.63, 3.8) is 0 Å². The van der Waals surface area contributed by atoms with Crippen molar-refractivity contribution in [1.29, 1.82) is 0 Å². The molecule has 1 aromatic carbocycles. The summed E-state index contributed by atoms with van der Waals surface area (Å²) in [6.45, 7) is -0.0973. The summed E-state index contributed by atoms with van der Waals surface area (Å²) in [6.07, 6.45) is 5.67. The summed E-state index contributed by atoms with van der Waals surface area (Å²) in [5.74, 6) is -0.392. The molecule has 1 fully saturated rings. The molecule has 0 heterocycles. The number of hydrogen-bond donors (Lipinski definition) is 0. The number of rotatable bonds is 4. The number of benzene rings is 1. The third-order valence-corrected chi connectivity index (χ3v) is 3.95. The van der Waals surface area contributed by atoms with Crippen LogP contribution in [0.5, 0.6) is 5.75 Å². The lowest BCUT2D eigenvalue weighted by Gasteiger charge is -2.21. The summed E-state index contributed by atoms with van der Waals surface area (Å²) in [5, 5.41) is 0.792. The molecular formula is C14H15Cl3O3. The first-order valence-electron chi connectivity index (χ1n) is 6.53. The molecule has 1 aliphatic carbocycles. The van der Waals surface area contributed by atoms with E-state index in [-0.39, 0.29) is 28.5 Å². The molecule has 6 heteroatoms. The fourth-order valence-corrected chi connectivity index (χ4v) is 3.08. The molecule has 3 nitrogen and oxygen atoms in total. The van der Waals surface area contributed by atoms with Gasteiger partial charge in [0, 0.05) is 5.02 Å². The fourth-order valence-electron chi connectivity index (χ4n) is 2.19.